The van der Waals surface area contributed by atoms with Gasteiger partial charge in [-0.25, -0.2) is 0 Å². The van der Waals surface area contributed by atoms with E-state index in [0.29, 0.717) is 19.0 Å². The molecule has 1 unspecified atom stereocenters. The zero-order chi connectivity index (χ0) is 15.7. The fraction of sp³-hybridized carbons (Fsp3) is 0.529. The van der Waals surface area contributed by atoms with E-state index in [1.54, 1.807) is 4.90 Å². The van der Waals surface area contributed by atoms with Gasteiger partial charge < -0.3 is 14.7 Å². The van der Waals surface area contributed by atoms with Gasteiger partial charge in [-0.1, -0.05) is 30.3 Å². The molecule has 0 aromatic heterocycles. The topological polar surface area (TPSA) is 66.8 Å². The lowest BCUT2D eigenvalue weighted by molar-refractivity contribution is -0.144. The van der Waals surface area contributed by atoms with E-state index < -0.39 is 18.0 Å². The number of carbonyl (C=O) groups excluding carboxylic acids is 1. The summed E-state index contributed by atoms with van der Waals surface area (Å²) in [5.41, 5.74) is 0.803. The van der Waals surface area contributed by atoms with Crippen LogP contribution in [-0.4, -0.2) is 42.1 Å². The Labute approximate surface area is 129 Å². The number of aliphatic carboxylic acids is 1. The van der Waals surface area contributed by atoms with Gasteiger partial charge in [0.1, 0.15) is 0 Å². The van der Waals surface area contributed by atoms with Crippen LogP contribution in [0.1, 0.15) is 24.5 Å². The van der Waals surface area contributed by atoms with Gasteiger partial charge in [-0.05, 0) is 30.2 Å². The SMILES string of the molecule is COC(C(=O)N1C[C@H](C(=O)O)[C@@H](C2CC2)C1)c1ccccc1. The Balaban J connectivity index is 1.75. The monoisotopic (exact) mass is 303 g/mol. The average Bonchev–Trinajstić information content (AvgIpc) is 3.27. The fourth-order valence-corrected chi connectivity index (χ4v) is 3.45. The Hall–Kier alpha value is -1.88. The normalized spacial score (nSPS) is 26.0. The lowest BCUT2D eigenvalue weighted by Crippen LogP contribution is -2.35. The van der Waals surface area contributed by atoms with Crippen molar-refractivity contribution in [3.8, 4) is 0 Å². The molecule has 0 spiro atoms. The quantitative estimate of drug-likeness (QED) is 0.903. The number of carboxylic acid groups (broad SMARTS) is 1. The molecule has 3 atom stereocenters. The van der Waals surface area contributed by atoms with Gasteiger partial charge in [0.15, 0.2) is 6.10 Å². The predicted molar refractivity (Wildman–Crippen MR) is 80.1 cm³/mol. The van der Waals surface area contributed by atoms with Crippen molar-refractivity contribution in [1.29, 1.82) is 0 Å². The number of amides is 1. The molecule has 22 heavy (non-hydrogen) atoms. The number of hydrogen-bond acceptors (Lipinski definition) is 3. The van der Waals surface area contributed by atoms with Crippen molar-refractivity contribution in [2.45, 2.75) is 18.9 Å². The second-order valence-corrected chi connectivity index (χ2v) is 6.22. The number of methoxy groups -OCH3 is 1. The molecule has 0 radical (unpaired) electrons. The Morgan fingerprint density at radius 3 is 2.45 bits per heavy atom. The van der Waals surface area contributed by atoms with Crippen LogP contribution in [0.4, 0.5) is 0 Å². The molecule has 1 aromatic rings. The number of carboxylic acids is 1. The highest BCUT2D eigenvalue weighted by atomic mass is 16.5. The fourth-order valence-electron chi connectivity index (χ4n) is 3.45. The Morgan fingerprint density at radius 1 is 1.23 bits per heavy atom. The van der Waals surface area contributed by atoms with Gasteiger partial charge in [0.05, 0.1) is 5.92 Å². The Bertz CT molecular complexity index is 555. The van der Waals surface area contributed by atoms with Gasteiger partial charge in [0.2, 0.25) is 0 Å². The summed E-state index contributed by atoms with van der Waals surface area (Å²) >= 11 is 0. The third-order valence-corrected chi connectivity index (χ3v) is 4.78. The third-order valence-electron chi connectivity index (χ3n) is 4.78. The molecule has 1 saturated carbocycles. The van der Waals surface area contributed by atoms with Crippen LogP contribution in [0.15, 0.2) is 30.3 Å². The van der Waals surface area contributed by atoms with Gasteiger partial charge in [-0.2, -0.15) is 0 Å². The maximum Gasteiger partial charge on any atom is 0.308 e. The average molecular weight is 303 g/mol. The molecule has 1 amide bonds. The molecule has 2 aliphatic rings. The van der Waals surface area contributed by atoms with Crippen molar-refractivity contribution in [1.82, 2.24) is 4.90 Å². The van der Waals surface area contributed by atoms with Crippen LogP contribution >= 0.6 is 0 Å². The molecular weight excluding hydrogens is 282 g/mol. The van der Waals surface area contributed by atoms with Crippen LogP contribution < -0.4 is 0 Å². The summed E-state index contributed by atoms with van der Waals surface area (Å²) in [4.78, 5) is 25.9. The number of carbonyl (C=O) groups is 2. The highest BCUT2D eigenvalue weighted by Gasteiger charge is 2.47. The van der Waals surface area contributed by atoms with Gasteiger partial charge in [0.25, 0.3) is 5.91 Å². The van der Waals surface area contributed by atoms with E-state index in [9.17, 15) is 14.7 Å². The van der Waals surface area contributed by atoms with Crippen LogP contribution in [0.3, 0.4) is 0 Å². The van der Waals surface area contributed by atoms with E-state index in [1.165, 1.54) is 7.11 Å². The zero-order valence-corrected chi connectivity index (χ0v) is 12.6. The second kappa shape index (κ2) is 6.08. The minimum atomic E-state index is -0.791. The van der Waals surface area contributed by atoms with Gasteiger partial charge in [-0.15, -0.1) is 0 Å². The molecule has 1 aliphatic heterocycles. The summed E-state index contributed by atoms with van der Waals surface area (Å²) in [5, 5.41) is 9.40. The van der Waals surface area contributed by atoms with Crippen LogP contribution in [0, 0.1) is 17.8 Å². The molecule has 118 valence electrons. The summed E-state index contributed by atoms with van der Waals surface area (Å²) in [6.45, 7) is 0.829. The van der Waals surface area contributed by atoms with Crippen molar-refractivity contribution in [3.05, 3.63) is 35.9 Å². The first-order chi connectivity index (χ1) is 10.6. The first kappa shape index (κ1) is 15.0. The number of hydrogen-bond donors (Lipinski definition) is 1. The lowest BCUT2D eigenvalue weighted by atomic mass is 9.92. The Kier molecular flexibility index (Phi) is 4.16. The maximum absolute atomic E-state index is 12.7. The highest BCUT2D eigenvalue weighted by Crippen LogP contribution is 2.44. The van der Waals surface area contributed by atoms with Gasteiger partial charge >= 0.3 is 5.97 Å². The molecule has 1 aliphatic carbocycles. The van der Waals surface area contributed by atoms with E-state index >= 15 is 0 Å². The molecule has 5 heteroatoms. The van der Waals surface area contributed by atoms with Gasteiger partial charge in [-0.3, -0.25) is 9.59 Å². The number of benzene rings is 1. The van der Waals surface area contributed by atoms with E-state index in [0.717, 1.165) is 18.4 Å². The van der Waals surface area contributed by atoms with Crippen LogP contribution in [0.25, 0.3) is 0 Å². The summed E-state index contributed by atoms with van der Waals surface area (Å²) in [6.07, 6.45) is 1.51. The maximum atomic E-state index is 12.7. The number of ether oxygens (including phenoxy) is 1. The van der Waals surface area contributed by atoms with Gasteiger partial charge in [0, 0.05) is 20.2 Å². The summed E-state index contributed by atoms with van der Waals surface area (Å²) in [7, 11) is 1.51. The number of rotatable bonds is 5. The molecule has 1 N–H and O–H groups in total. The van der Waals surface area contributed by atoms with Crippen LogP contribution in [-0.2, 0) is 14.3 Å². The van der Waals surface area contributed by atoms with Crippen LogP contribution in [0.2, 0.25) is 0 Å². The number of nitrogens with zero attached hydrogens (tertiary/aromatic N) is 1. The molecule has 3 rings (SSSR count). The molecule has 1 aromatic carbocycles. The first-order valence-electron chi connectivity index (χ1n) is 7.71. The molecule has 1 saturated heterocycles. The molecule has 0 bridgehead atoms. The largest absolute Gasteiger partial charge is 0.481 e. The van der Waals surface area contributed by atoms with Crippen molar-refractivity contribution in [3.63, 3.8) is 0 Å². The summed E-state index contributed by atoms with van der Waals surface area (Å²) in [5.74, 6) is -0.806. The minimum Gasteiger partial charge on any atom is -0.481 e. The number of likely N-dealkylation sites (tertiary alicyclic amines) is 1. The lowest BCUT2D eigenvalue weighted by Gasteiger charge is -2.23. The predicted octanol–water partition coefficient (Wildman–Crippen LogP) is 1.94. The smallest absolute Gasteiger partial charge is 0.308 e. The molecular formula is C17H21NO4. The van der Waals surface area contributed by atoms with E-state index in [1.807, 2.05) is 30.3 Å². The molecule has 5 nitrogen and oxygen atoms in total. The summed E-state index contributed by atoms with van der Waals surface area (Å²) in [6, 6.07) is 9.34. The summed E-state index contributed by atoms with van der Waals surface area (Å²) < 4.78 is 5.38. The first-order valence-corrected chi connectivity index (χ1v) is 7.71. The van der Waals surface area contributed by atoms with Crippen molar-refractivity contribution >= 4 is 11.9 Å². The van der Waals surface area contributed by atoms with E-state index in [-0.39, 0.29) is 11.8 Å². The van der Waals surface area contributed by atoms with E-state index in [4.69, 9.17) is 4.74 Å². The second-order valence-electron chi connectivity index (χ2n) is 6.22. The van der Waals surface area contributed by atoms with Crippen molar-refractivity contribution in [2.24, 2.45) is 17.8 Å². The standard InChI is InChI=1S/C17H21NO4/c1-22-15(12-5-3-2-4-6-12)16(19)18-9-13(11-7-8-11)14(10-18)17(20)21/h2-6,11,13-15H,7-10H2,1H3,(H,20,21)/t13-,14+,15?/m1/s1. The van der Waals surface area contributed by atoms with E-state index in [2.05, 4.69) is 0 Å². The molecule has 2 fully saturated rings. The van der Waals surface area contributed by atoms with Crippen molar-refractivity contribution < 1.29 is 19.4 Å². The third kappa shape index (κ3) is 2.86. The highest BCUT2D eigenvalue weighted by molar-refractivity contribution is 5.84. The molecule has 1 heterocycles. The Morgan fingerprint density at radius 2 is 1.91 bits per heavy atom. The zero-order valence-electron chi connectivity index (χ0n) is 12.6. The minimum absolute atomic E-state index is 0.0923. The van der Waals surface area contributed by atoms with Crippen LogP contribution in [0.5, 0.6) is 0 Å². The van der Waals surface area contributed by atoms with Crippen molar-refractivity contribution in [2.75, 3.05) is 20.2 Å².